The van der Waals surface area contributed by atoms with E-state index < -0.39 is 0 Å². The van der Waals surface area contributed by atoms with Crippen molar-refractivity contribution in [3.8, 4) is 0 Å². The van der Waals surface area contributed by atoms with E-state index in [9.17, 15) is 4.79 Å². The van der Waals surface area contributed by atoms with Crippen LogP contribution in [0.5, 0.6) is 0 Å². The van der Waals surface area contributed by atoms with Crippen LogP contribution in [0.2, 0.25) is 0 Å². The van der Waals surface area contributed by atoms with E-state index in [-0.39, 0.29) is 0 Å². The first-order valence-corrected chi connectivity index (χ1v) is 4.56. The lowest BCUT2D eigenvalue weighted by molar-refractivity contribution is -0.156. The van der Waals surface area contributed by atoms with Crippen LogP contribution in [0.3, 0.4) is 0 Å². The van der Waals surface area contributed by atoms with Crippen molar-refractivity contribution in [2.24, 2.45) is 23.2 Å². The highest BCUT2D eigenvalue weighted by Gasteiger charge is 2.56. The molecule has 0 heterocycles. The van der Waals surface area contributed by atoms with E-state index in [0.29, 0.717) is 23.0 Å². The number of carbonyl (C=O) groups is 1. The maximum absolute atomic E-state index is 11.5. The molecule has 0 aliphatic heterocycles. The molecule has 3 rings (SSSR count). The molecule has 3 fully saturated rings. The lowest BCUT2D eigenvalue weighted by Gasteiger charge is -2.58. The number of carbonyl (C=O) groups excluding carboxylic acids is 1. The van der Waals surface area contributed by atoms with Crippen LogP contribution in [0.4, 0.5) is 0 Å². The van der Waals surface area contributed by atoms with Crippen LogP contribution in [-0.4, -0.2) is 5.78 Å². The Balaban J connectivity index is 2.26. The summed E-state index contributed by atoms with van der Waals surface area (Å²) >= 11 is 0. The van der Waals surface area contributed by atoms with Gasteiger partial charge in [-0.2, -0.15) is 0 Å². The molecule has 0 amide bonds. The zero-order valence-electron chi connectivity index (χ0n) is 7.55. The van der Waals surface area contributed by atoms with Gasteiger partial charge in [0.2, 0.25) is 0 Å². The molecule has 0 N–H and O–H groups in total. The highest BCUT2D eigenvalue weighted by atomic mass is 16.1. The zero-order chi connectivity index (χ0) is 8.22. The van der Waals surface area contributed by atoms with E-state index in [1.54, 1.807) is 0 Å². The monoisotopic (exact) mass is 152 g/mol. The van der Waals surface area contributed by atoms with Crippen LogP contribution in [-0.2, 0) is 4.79 Å². The van der Waals surface area contributed by atoms with Crippen LogP contribution >= 0.6 is 0 Å². The Morgan fingerprint density at radius 1 is 1.45 bits per heavy atom. The van der Waals surface area contributed by atoms with Crippen molar-refractivity contribution in [2.75, 3.05) is 0 Å². The van der Waals surface area contributed by atoms with Crippen molar-refractivity contribution in [3.63, 3.8) is 0 Å². The summed E-state index contributed by atoms with van der Waals surface area (Å²) < 4.78 is 0. The van der Waals surface area contributed by atoms with Crippen LogP contribution in [0.15, 0.2) is 0 Å². The Morgan fingerprint density at radius 3 is 2.45 bits per heavy atom. The molecule has 62 valence electrons. The molecule has 2 bridgehead atoms. The minimum absolute atomic E-state index is 0.328. The van der Waals surface area contributed by atoms with E-state index in [2.05, 4.69) is 20.8 Å². The molecule has 0 aromatic carbocycles. The predicted molar refractivity (Wildman–Crippen MR) is 44.2 cm³/mol. The van der Waals surface area contributed by atoms with Gasteiger partial charge in [0.05, 0.1) is 0 Å². The molecule has 0 saturated heterocycles. The van der Waals surface area contributed by atoms with Gasteiger partial charge >= 0.3 is 0 Å². The highest BCUT2D eigenvalue weighted by molar-refractivity contribution is 5.84. The lowest BCUT2D eigenvalue weighted by Crippen LogP contribution is -2.56. The maximum atomic E-state index is 11.5. The molecular formula is C10H16O. The molecule has 11 heavy (non-hydrogen) atoms. The van der Waals surface area contributed by atoms with Crippen molar-refractivity contribution < 1.29 is 4.79 Å². The average Bonchev–Trinajstić information content (AvgIpc) is 1.84. The van der Waals surface area contributed by atoms with Crippen molar-refractivity contribution in [1.82, 2.24) is 0 Å². The Kier molecular flexibility index (Phi) is 1.25. The summed E-state index contributed by atoms with van der Waals surface area (Å²) in [5.41, 5.74) is 0.328. The largest absolute Gasteiger partial charge is 0.299 e. The van der Waals surface area contributed by atoms with E-state index in [4.69, 9.17) is 0 Å². The smallest absolute Gasteiger partial charge is 0.136 e. The van der Waals surface area contributed by atoms with Gasteiger partial charge in [-0.15, -0.1) is 0 Å². The maximum Gasteiger partial charge on any atom is 0.136 e. The Bertz CT molecular complexity index is 205. The van der Waals surface area contributed by atoms with E-state index in [1.807, 2.05) is 0 Å². The van der Waals surface area contributed by atoms with Crippen LogP contribution in [0.1, 0.15) is 33.6 Å². The Morgan fingerprint density at radius 2 is 2.09 bits per heavy atom. The van der Waals surface area contributed by atoms with Crippen LogP contribution in [0, 0.1) is 23.2 Å². The van der Waals surface area contributed by atoms with E-state index in [0.717, 1.165) is 12.3 Å². The van der Waals surface area contributed by atoms with Crippen molar-refractivity contribution in [3.05, 3.63) is 0 Å². The molecule has 3 atom stereocenters. The van der Waals surface area contributed by atoms with Gasteiger partial charge in [-0.1, -0.05) is 20.8 Å². The highest BCUT2D eigenvalue weighted by Crippen LogP contribution is 2.59. The number of hydrogen-bond acceptors (Lipinski definition) is 1. The molecule has 0 aromatic rings. The van der Waals surface area contributed by atoms with Crippen molar-refractivity contribution in [1.29, 1.82) is 0 Å². The number of Topliss-reactive ketones (excluding diaryl/α,β-unsaturated/α-hetero) is 1. The first kappa shape index (κ1) is 7.33. The topological polar surface area (TPSA) is 17.1 Å². The zero-order valence-corrected chi connectivity index (χ0v) is 7.55. The third-order valence-electron chi connectivity index (χ3n) is 3.94. The SMILES string of the molecule is C[C@@H]1CC(=O)C2CC1C2(C)C. The van der Waals surface area contributed by atoms with Gasteiger partial charge in [0.25, 0.3) is 0 Å². The third-order valence-corrected chi connectivity index (χ3v) is 3.94. The molecule has 3 aliphatic rings. The summed E-state index contributed by atoms with van der Waals surface area (Å²) in [6, 6.07) is 0. The fourth-order valence-electron chi connectivity index (χ4n) is 3.07. The second-order valence-corrected chi connectivity index (χ2v) is 4.86. The minimum atomic E-state index is 0.328. The number of hydrogen-bond donors (Lipinski definition) is 0. The molecule has 3 aliphatic carbocycles. The molecule has 0 aromatic heterocycles. The molecule has 0 radical (unpaired) electrons. The van der Waals surface area contributed by atoms with E-state index >= 15 is 0 Å². The van der Waals surface area contributed by atoms with E-state index in [1.165, 1.54) is 6.42 Å². The minimum Gasteiger partial charge on any atom is -0.299 e. The Hall–Kier alpha value is -0.330. The standard InChI is InChI=1S/C10H16O/c1-6-4-9(11)8-5-7(6)10(8,2)3/h6-8H,4-5H2,1-3H3/t6-,7?,8?/m1/s1. The van der Waals surface area contributed by atoms with Gasteiger partial charge in [0, 0.05) is 12.3 Å². The third kappa shape index (κ3) is 0.743. The summed E-state index contributed by atoms with van der Waals surface area (Å²) in [6.07, 6.45) is 2.02. The first-order chi connectivity index (χ1) is 5.03. The molecule has 1 nitrogen and oxygen atoms in total. The van der Waals surface area contributed by atoms with Gasteiger partial charge in [-0.25, -0.2) is 0 Å². The average molecular weight is 152 g/mol. The normalized spacial score (nSPS) is 46.8. The molecule has 2 unspecified atom stereocenters. The number of fused-ring (bicyclic) bond motifs is 2. The van der Waals surface area contributed by atoms with Crippen molar-refractivity contribution >= 4 is 5.78 Å². The summed E-state index contributed by atoms with van der Waals surface area (Å²) in [6.45, 7) is 6.72. The van der Waals surface area contributed by atoms with Gasteiger partial charge in [0.15, 0.2) is 0 Å². The summed E-state index contributed by atoms with van der Waals surface area (Å²) in [7, 11) is 0. The van der Waals surface area contributed by atoms with Gasteiger partial charge < -0.3 is 0 Å². The number of ketones is 1. The van der Waals surface area contributed by atoms with Gasteiger partial charge in [-0.05, 0) is 23.7 Å². The fraction of sp³-hybridized carbons (Fsp3) is 0.900. The second-order valence-electron chi connectivity index (χ2n) is 4.86. The van der Waals surface area contributed by atoms with Crippen LogP contribution in [0.25, 0.3) is 0 Å². The van der Waals surface area contributed by atoms with Gasteiger partial charge in [-0.3, -0.25) is 4.79 Å². The summed E-state index contributed by atoms with van der Waals surface area (Å²) in [5.74, 6) is 2.39. The molecule has 1 heteroatoms. The molecule has 3 saturated carbocycles. The first-order valence-electron chi connectivity index (χ1n) is 4.56. The fourth-order valence-corrected chi connectivity index (χ4v) is 3.07. The number of rotatable bonds is 0. The predicted octanol–water partition coefficient (Wildman–Crippen LogP) is 2.26. The molecule has 0 spiro atoms. The second kappa shape index (κ2) is 1.88. The summed E-state index contributed by atoms with van der Waals surface area (Å²) in [5, 5.41) is 0. The summed E-state index contributed by atoms with van der Waals surface area (Å²) in [4.78, 5) is 11.5. The quantitative estimate of drug-likeness (QED) is 0.520. The Labute approximate surface area is 68.2 Å². The molecular weight excluding hydrogens is 136 g/mol. The van der Waals surface area contributed by atoms with Crippen LogP contribution < -0.4 is 0 Å². The lowest BCUT2D eigenvalue weighted by atomic mass is 9.45. The van der Waals surface area contributed by atoms with Gasteiger partial charge in [0.1, 0.15) is 5.78 Å². The van der Waals surface area contributed by atoms with Crippen molar-refractivity contribution in [2.45, 2.75) is 33.6 Å².